The number of halogens is 1. The topological polar surface area (TPSA) is 71.8 Å². The van der Waals surface area contributed by atoms with E-state index < -0.39 is 0 Å². The molecule has 2 N–H and O–H groups in total. The molecular weight excluding hydrogens is 370 g/mol. The van der Waals surface area contributed by atoms with Gasteiger partial charge < -0.3 is 15.2 Å². The van der Waals surface area contributed by atoms with Crippen molar-refractivity contribution in [2.75, 3.05) is 18.4 Å². The number of fused-ring (bicyclic) bond motifs is 1. The van der Waals surface area contributed by atoms with Crippen molar-refractivity contribution in [2.24, 2.45) is 0 Å². The van der Waals surface area contributed by atoms with Gasteiger partial charge in [-0.25, -0.2) is 9.97 Å². The fraction of sp³-hybridized carbons (Fsp3) is 0.235. The maximum atomic E-state index is 11.9. The van der Waals surface area contributed by atoms with Crippen LogP contribution in [0.2, 0.25) is 0 Å². The van der Waals surface area contributed by atoms with Crippen molar-refractivity contribution in [3.8, 4) is 0 Å². The van der Waals surface area contributed by atoms with Gasteiger partial charge in [0, 0.05) is 54.6 Å². The van der Waals surface area contributed by atoms with Crippen LogP contribution in [0.4, 0.5) is 5.95 Å². The molecule has 0 aliphatic rings. The third-order valence-corrected chi connectivity index (χ3v) is 4.11. The van der Waals surface area contributed by atoms with Gasteiger partial charge in [-0.2, -0.15) is 0 Å². The number of hydrogen-bond donors (Lipinski definition) is 2. The lowest BCUT2D eigenvalue weighted by molar-refractivity contribution is -0.120. The molecule has 0 aliphatic carbocycles. The fourth-order valence-corrected chi connectivity index (χ4v) is 2.78. The summed E-state index contributed by atoms with van der Waals surface area (Å²) in [5.41, 5.74) is 1.15. The van der Waals surface area contributed by atoms with Crippen LogP contribution in [0.3, 0.4) is 0 Å². The van der Waals surface area contributed by atoms with E-state index in [1.807, 2.05) is 12.3 Å². The molecular formula is C17H18BrN5O. The average molecular weight is 388 g/mol. The number of hydrogen-bond acceptors (Lipinski definition) is 4. The molecule has 24 heavy (non-hydrogen) atoms. The van der Waals surface area contributed by atoms with E-state index in [2.05, 4.69) is 59.3 Å². The minimum atomic E-state index is 0.0103. The molecule has 3 rings (SSSR count). The SMILES string of the molecule is O=C(CCNc1ncccn1)NCCn1ccc2ccc(Br)cc21. The van der Waals surface area contributed by atoms with E-state index in [4.69, 9.17) is 0 Å². The molecule has 2 aromatic heterocycles. The van der Waals surface area contributed by atoms with Crippen LogP contribution in [-0.4, -0.2) is 33.5 Å². The monoisotopic (exact) mass is 387 g/mol. The van der Waals surface area contributed by atoms with E-state index in [-0.39, 0.29) is 5.91 Å². The van der Waals surface area contributed by atoms with Gasteiger partial charge in [-0.3, -0.25) is 4.79 Å². The Morgan fingerprint density at radius 3 is 2.83 bits per heavy atom. The summed E-state index contributed by atoms with van der Waals surface area (Å²) in [6.45, 7) is 1.84. The molecule has 0 saturated carbocycles. The molecule has 0 fully saturated rings. The molecule has 6 nitrogen and oxygen atoms in total. The van der Waals surface area contributed by atoms with E-state index in [1.165, 1.54) is 5.39 Å². The van der Waals surface area contributed by atoms with E-state index >= 15 is 0 Å². The van der Waals surface area contributed by atoms with Gasteiger partial charge in [0.1, 0.15) is 0 Å². The Morgan fingerprint density at radius 2 is 2.00 bits per heavy atom. The van der Waals surface area contributed by atoms with Crippen LogP contribution in [0.15, 0.2) is 53.4 Å². The average Bonchev–Trinajstić information content (AvgIpc) is 2.98. The predicted octanol–water partition coefficient (Wildman–Crippen LogP) is 2.81. The van der Waals surface area contributed by atoms with E-state index in [9.17, 15) is 4.79 Å². The predicted molar refractivity (Wildman–Crippen MR) is 97.8 cm³/mol. The van der Waals surface area contributed by atoms with Crippen LogP contribution in [0.5, 0.6) is 0 Å². The highest BCUT2D eigenvalue weighted by Crippen LogP contribution is 2.20. The largest absolute Gasteiger partial charge is 0.354 e. The van der Waals surface area contributed by atoms with Crippen molar-refractivity contribution >= 4 is 38.7 Å². The molecule has 1 amide bonds. The molecule has 2 heterocycles. The summed E-state index contributed by atoms with van der Waals surface area (Å²) in [7, 11) is 0. The summed E-state index contributed by atoms with van der Waals surface area (Å²) in [5.74, 6) is 0.547. The first-order valence-corrected chi connectivity index (χ1v) is 8.54. The maximum absolute atomic E-state index is 11.9. The molecule has 0 atom stereocenters. The van der Waals surface area contributed by atoms with Crippen molar-refractivity contribution in [1.29, 1.82) is 0 Å². The number of carbonyl (C=O) groups is 1. The smallest absolute Gasteiger partial charge is 0.222 e. The lowest BCUT2D eigenvalue weighted by Crippen LogP contribution is -2.28. The molecule has 0 bridgehead atoms. The zero-order valence-electron chi connectivity index (χ0n) is 13.1. The summed E-state index contributed by atoms with van der Waals surface area (Å²) in [4.78, 5) is 20.0. The quantitative estimate of drug-likeness (QED) is 0.653. The van der Waals surface area contributed by atoms with Crippen LogP contribution < -0.4 is 10.6 Å². The summed E-state index contributed by atoms with van der Waals surface area (Å²) in [6.07, 6.45) is 5.75. The molecule has 0 spiro atoms. The molecule has 0 radical (unpaired) electrons. The van der Waals surface area contributed by atoms with Crippen molar-refractivity contribution in [3.63, 3.8) is 0 Å². The Kier molecular flexibility index (Phi) is 5.43. The minimum absolute atomic E-state index is 0.0103. The van der Waals surface area contributed by atoms with Gasteiger partial charge in [-0.15, -0.1) is 0 Å². The van der Waals surface area contributed by atoms with Crippen molar-refractivity contribution in [1.82, 2.24) is 19.9 Å². The molecule has 7 heteroatoms. The third-order valence-electron chi connectivity index (χ3n) is 3.61. The van der Waals surface area contributed by atoms with Gasteiger partial charge in [-0.1, -0.05) is 22.0 Å². The third kappa shape index (κ3) is 4.32. The van der Waals surface area contributed by atoms with Gasteiger partial charge in [0.05, 0.1) is 0 Å². The van der Waals surface area contributed by atoms with Gasteiger partial charge >= 0.3 is 0 Å². The van der Waals surface area contributed by atoms with E-state index in [0.717, 1.165) is 16.5 Å². The molecule has 124 valence electrons. The van der Waals surface area contributed by atoms with Crippen LogP contribution in [-0.2, 0) is 11.3 Å². The number of benzene rings is 1. The first-order valence-electron chi connectivity index (χ1n) is 7.74. The number of nitrogens with zero attached hydrogens (tertiary/aromatic N) is 3. The zero-order chi connectivity index (χ0) is 16.8. The van der Waals surface area contributed by atoms with Gasteiger partial charge in [0.25, 0.3) is 0 Å². The van der Waals surface area contributed by atoms with Crippen molar-refractivity contribution in [3.05, 3.63) is 53.4 Å². The van der Waals surface area contributed by atoms with Crippen molar-refractivity contribution in [2.45, 2.75) is 13.0 Å². The second-order valence-corrected chi connectivity index (χ2v) is 6.23. The highest BCUT2D eigenvalue weighted by atomic mass is 79.9. The van der Waals surface area contributed by atoms with Gasteiger partial charge in [0.15, 0.2) is 0 Å². The summed E-state index contributed by atoms with van der Waals surface area (Å²) < 4.78 is 3.18. The van der Waals surface area contributed by atoms with Gasteiger partial charge in [-0.05, 0) is 29.7 Å². The standard InChI is InChI=1S/C17H18BrN5O/c18-14-3-2-13-5-10-23(15(13)12-14)11-9-19-16(24)4-8-22-17-20-6-1-7-21-17/h1-3,5-7,10,12H,4,8-9,11H2,(H,19,24)(H,20,21,22). The molecule has 0 saturated heterocycles. The second-order valence-electron chi connectivity index (χ2n) is 5.31. The van der Waals surface area contributed by atoms with Crippen LogP contribution >= 0.6 is 15.9 Å². The van der Waals surface area contributed by atoms with Crippen molar-refractivity contribution < 1.29 is 4.79 Å². The number of anilines is 1. The van der Waals surface area contributed by atoms with E-state index in [1.54, 1.807) is 18.5 Å². The maximum Gasteiger partial charge on any atom is 0.222 e. The number of carbonyl (C=O) groups excluding carboxylic acids is 1. The van der Waals surface area contributed by atoms with Crippen LogP contribution in [0, 0.1) is 0 Å². The molecule has 1 aromatic carbocycles. The first kappa shape index (κ1) is 16.4. The molecule has 3 aromatic rings. The lowest BCUT2D eigenvalue weighted by Gasteiger charge is -2.08. The number of aromatic nitrogens is 3. The number of amides is 1. The Hall–Kier alpha value is -2.41. The fourth-order valence-electron chi connectivity index (χ4n) is 2.43. The summed E-state index contributed by atoms with van der Waals surface area (Å²) >= 11 is 3.49. The Balaban J connectivity index is 1.42. The zero-order valence-corrected chi connectivity index (χ0v) is 14.7. The highest BCUT2D eigenvalue weighted by molar-refractivity contribution is 9.10. The highest BCUT2D eigenvalue weighted by Gasteiger charge is 2.04. The number of rotatable bonds is 7. The first-order chi connectivity index (χ1) is 11.7. The van der Waals surface area contributed by atoms with Crippen LogP contribution in [0.1, 0.15) is 6.42 Å². The normalized spacial score (nSPS) is 10.7. The Bertz CT molecular complexity index is 818. The van der Waals surface area contributed by atoms with Crippen LogP contribution in [0.25, 0.3) is 10.9 Å². The molecule has 0 unspecified atom stereocenters. The molecule has 0 aliphatic heterocycles. The minimum Gasteiger partial charge on any atom is -0.354 e. The Morgan fingerprint density at radius 1 is 1.17 bits per heavy atom. The van der Waals surface area contributed by atoms with Gasteiger partial charge in [0.2, 0.25) is 11.9 Å². The number of nitrogens with one attached hydrogen (secondary N) is 2. The van der Waals surface area contributed by atoms with E-state index in [0.29, 0.717) is 25.5 Å². The summed E-state index contributed by atoms with van der Waals surface area (Å²) in [5, 5.41) is 7.14. The second kappa shape index (κ2) is 7.92. The lowest BCUT2D eigenvalue weighted by atomic mass is 10.2. The summed E-state index contributed by atoms with van der Waals surface area (Å²) in [6, 6.07) is 10.0. The Labute approximate surface area is 148 Å².